The molecule has 182 valence electrons. The first-order chi connectivity index (χ1) is 15.4. The highest BCUT2D eigenvalue weighted by molar-refractivity contribution is 7.92. The van der Waals surface area contributed by atoms with E-state index < -0.39 is 23.2 Å². The van der Waals surface area contributed by atoms with Gasteiger partial charge in [-0.25, -0.2) is 0 Å². The van der Waals surface area contributed by atoms with E-state index in [9.17, 15) is 9.35 Å². The maximum absolute atomic E-state index is 12.3. The average molecular weight is 486 g/mol. The van der Waals surface area contributed by atoms with Gasteiger partial charge in [0.1, 0.15) is 17.0 Å². The Hall–Kier alpha value is -1.35. The molecule has 0 aliphatic carbocycles. The first kappa shape index (κ1) is 28.7. The molecule has 0 fully saturated rings. The van der Waals surface area contributed by atoms with Crippen LogP contribution in [0.15, 0.2) is 30.9 Å². The molecule has 0 saturated heterocycles. The summed E-state index contributed by atoms with van der Waals surface area (Å²) < 4.78 is 23.0. The third kappa shape index (κ3) is 11.5. The zero-order valence-corrected chi connectivity index (χ0v) is 21.1. The molecule has 0 spiro atoms. The Kier molecular flexibility index (Phi) is 15.4. The van der Waals surface area contributed by atoms with Crippen LogP contribution in [0.1, 0.15) is 57.9 Å². The summed E-state index contributed by atoms with van der Waals surface area (Å²) in [6, 6.07) is 5.44. The fourth-order valence-electron chi connectivity index (χ4n) is 3.17. The summed E-state index contributed by atoms with van der Waals surface area (Å²) in [7, 11) is 0. The summed E-state index contributed by atoms with van der Waals surface area (Å²) in [6.45, 7) is 8.56. The van der Waals surface area contributed by atoms with E-state index >= 15 is 0 Å². The molecule has 8 heteroatoms. The summed E-state index contributed by atoms with van der Waals surface area (Å²) >= 11 is 3.11. The van der Waals surface area contributed by atoms with E-state index in [1.807, 2.05) is 18.2 Å². The molecular formula is C24H39NO5S2. The topological polar surface area (TPSA) is 90.9 Å². The molecule has 1 heterocycles. The molecule has 0 amide bonds. The van der Waals surface area contributed by atoms with Crippen molar-refractivity contribution in [2.24, 2.45) is 0 Å². The number of ether oxygens (including phenoxy) is 2. The van der Waals surface area contributed by atoms with Crippen LogP contribution in [0.25, 0.3) is 0 Å². The maximum atomic E-state index is 12.3. The molecule has 1 aliphatic heterocycles. The van der Waals surface area contributed by atoms with Gasteiger partial charge in [-0.15, -0.1) is 6.58 Å². The Bertz CT molecular complexity index is 674. The second-order valence-electron chi connectivity index (χ2n) is 7.83. The number of aliphatic carboxylic acids is 1. The number of nitrogens with one attached hydrogen (secondary N) is 1. The minimum absolute atomic E-state index is 0.191. The molecule has 0 radical (unpaired) electrons. The third-order valence-corrected chi connectivity index (χ3v) is 7.22. The van der Waals surface area contributed by atoms with Crippen molar-refractivity contribution in [2.45, 2.75) is 70.1 Å². The van der Waals surface area contributed by atoms with Gasteiger partial charge in [-0.2, -0.15) is 12.6 Å². The van der Waals surface area contributed by atoms with E-state index in [2.05, 4.69) is 38.4 Å². The minimum Gasteiger partial charge on any atom is -0.616 e. The second kappa shape index (κ2) is 17.2. The highest BCUT2D eigenvalue weighted by Crippen LogP contribution is 2.33. The Morgan fingerprint density at radius 1 is 1.28 bits per heavy atom. The third-order valence-electron chi connectivity index (χ3n) is 5.10. The Morgan fingerprint density at radius 3 is 2.62 bits per heavy atom. The zero-order chi connectivity index (χ0) is 23.8. The fourth-order valence-corrected chi connectivity index (χ4v) is 4.73. The molecule has 0 aromatic heterocycles. The van der Waals surface area contributed by atoms with Crippen LogP contribution in [0, 0.1) is 0 Å². The molecule has 2 rings (SSSR count). The van der Waals surface area contributed by atoms with Crippen molar-refractivity contribution in [1.82, 2.24) is 5.32 Å². The molecule has 1 aliphatic rings. The quantitative estimate of drug-likeness (QED) is 0.146. The van der Waals surface area contributed by atoms with Gasteiger partial charge in [0, 0.05) is 18.7 Å². The number of carbonyl (C=O) groups is 1. The number of rotatable bonds is 15. The standard InChI is InChI=1S/C18H28O3S.C6H11NO2S/c1-3-4-5-6-7-8-11-22(19)15(2)12-16-9-10-17-18(13-16)21-14-20-17;1-2-3-7-5(4-10)6(8)9/h9-10,13,15H,3-8,11-12,14H2,1-2H3;2,5,7,10H,1,3-4H2,(H,8,9). The van der Waals surface area contributed by atoms with Crippen molar-refractivity contribution in [3.05, 3.63) is 36.4 Å². The monoisotopic (exact) mass is 485 g/mol. The molecule has 1 aromatic carbocycles. The van der Waals surface area contributed by atoms with E-state index in [1.165, 1.54) is 37.7 Å². The Morgan fingerprint density at radius 2 is 1.97 bits per heavy atom. The summed E-state index contributed by atoms with van der Waals surface area (Å²) in [5.41, 5.74) is 1.17. The largest absolute Gasteiger partial charge is 0.616 e. The van der Waals surface area contributed by atoms with Gasteiger partial charge in [-0.1, -0.05) is 55.9 Å². The lowest BCUT2D eigenvalue weighted by Crippen LogP contribution is -2.38. The van der Waals surface area contributed by atoms with Gasteiger partial charge in [0.2, 0.25) is 6.79 Å². The van der Waals surface area contributed by atoms with Gasteiger partial charge >= 0.3 is 5.97 Å². The van der Waals surface area contributed by atoms with Gasteiger partial charge in [0.05, 0.1) is 0 Å². The first-order valence-electron chi connectivity index (χ1n) is 11.4. The number of thiol groups is 1. The van der Waals surface area contributed by atoms with Gasteiger partial charge in [-0.3, -0.25) is 4.79 Å². The lowest BCUT2D eigenvalue weighted by atomic mass is 10.1. The predicted molar refractivity (Wildman–Crippen MR) is 136 cm³/mol. The predicted octanol–water partition coefficient (Wildman–Crippen LogP) is 4.60. The minimum atomic E-state index is -0.878. The van der Waals surface area contributed by atoms with Crippen LogP contribution in [0.2, 0.25) is 0 Å². The molecule has 2 N–H and O–H groups in total. The highest BCUT2D eigenvalue weighted by atomic mass is 32.2. The highest BCUT2D eigenvalue weighted by Gasteiger charge is 2.19. The van der Waals surface area contributed by atoms with Crippen molar-refractivity contribution in [3.63, 3.8) is 0 Å². The molecule has 0 bridgehead atoms. The van der Waals surface area contributed by atoms with Crippen LogP contribution in [0.5, 0.6) is 11.5 Å². The summed E-state index contributed by atoms with van der Waals surface area (Å²) in [5, 5.41) is 11.4. The van der Waals surface area contributed by atoms with Gasteiger partial charge in [-0.05, 0) is 37.5 Å². The second-order valence-corrected chi connectivity index (χ2v) is 10.2. The van der Waals surface area contributed by atoms with Crippen LogP contribution in [0.4, 0.5) is 0 Å². The van der Waals surface area contributed by atoms with E-state index in [1.54, 1.807) is 6.08 Å². The van der Waals surface area contributed by atoms with E-state index in [4.69, 9.17) is 14.6 Å². The van der Waals surface area contributed by atoms with E-state index in [0.717, 1.165) is 30.1 Å². The Labute approximate surface area is 201 Å². The number of hydrogen-bond acceptors (Lipinski definition) is 6. The number of hydrogen-bond donors (Lipinski definition) is 3. The van der Waals surface area contributed by atoms with Crippen molar-refractivity contribution < 1.29 is 23.9 Å². The number of fused-ring (bicyclic) bond motifs is 1. The maximum Gasteiger partial charge on any atom is 0.321 e. The van der Waals surface area contributed by atoms with Gasteiger partial charge < -0.3 is 24.4 Å². The van der Waals surface area contributed by atoms with Crippen molar-refractivity contribution in [1.29, 1.82) is 0 Å². The molecular weight excluding hydrogens is 446 g/mol. The number of carboxylic acids is 1. The Balaban J connectivity index is 0.000000433. The van der Waals surface area contributed by atoms with Gasteiger partial charge in [0.15, 0.2) is 11.5 Å². The van der Waals surface area contributed by atoms with Crippen LogP contribution in [0.3, 0.4) is 0 Å². The smallest absolute Gasteiger partial charge is 0.321 e. The van der Waals surface area contributed by atoms with Gasteiger partial charge in [0.25, 0.3) is 0 Å². The zero-order valence-electron chi connectivity index (χ0n) is 19.4. The average Bonchev–Trinajstić information content (AvgIpc) is 3.24. The molecule has 3 atom stereocenters. The van der Waals surface area contributed by atoms with Crippen LogP contribution in [-0.2, 0) is 22.4 Å². The first-order valence-corrected chi connectivity index (χ1v) is 13.4. The van der Waals surface area contributed by atoms with E-state index in [0.29, 0.717) is 19.1 Å². The lowest BCUT2D eigenvalue weighted by molar-refractivity contribution is -0.138. The molecule has 32 heavy (non-hydrogen) atoms. The summed E-state index contributed by atoms with van der Waals surface area (Å²) in [6.07, 6.45) is 9.93. The molecule has 3 unspecified atom stereocenters. The SMILES string of the molecule is C=CCNC(CS)C(=O)O.CCCCCCCC[S+]([O-])C(C)Cc1ccc2c(c1)OCO2. The van der Waals surface area contributed by atoms with Crippen LogP contribution < -0.4 is 14.8 Å². The number of carboxylic acid groups (broad SMARTS) is 1. The van der Waals surface area contributed by atoms with Crippen molar-refractivity contribution in [3.8, 4) is 11.5 Å². The molecule has 0 saturated carbocycles. The van der Waals surface area contributed by atoms with Crippen molar-refractivity contribution in [2.75, 3.05) is 24.8 Å². The lowest BCUT2D eigenvalue weighted by Gasteiger charge is -2.18. The number of benzene rings is 1. The summed E-state index contributed by atoms with van der Waals surface area (Å²) in [5.74, 6) is 1.87. The molecule has 6 nitrogen and oxygen atoms in total. The van der Waals surface area contributed by atoms with Crippen molar-refractivity contribution >= 4 is 29.8 Å². The van der Waals surface area contributed by atoms with Crippen LogP contribution >= 0.6 is 12.6 Å². The number of unbranched alkanes of at least 4 members (excludes halogenated alkanes) is 5. The summed E-state index contributed by atoms with van der Waals surface area (Å²) in [4.78, 5) is 10.3. The normalized spacial score (nSPS) is 14.8. The molecule has 1 aromatic rings. The van der Waals surface area contributed by atoms with Crippen LogP contribution in [-0.4, -0.2) is 51.8 Å². The fraction of sp³-hybridized carbons (Fsp3) is 0.625. The van der Waals surface area contributed by atoms with E-state index in [-0.39, 0.29) is 5.25 Å².